The van der Waals surface area contributed by atoms with E-state index in [0.29, 0.717) is 18.7 Å². The number of aromatic amines is 1. The van der Waals surface area contributed by atoms with E-state index in [9.17, 15) is 9.59 Å². The fraction of sp³-hybridized carbons (Fsp3) is 0.522. The van der Waals surface area contributed by atoms with Crippen LogP contribution in [0, 0.1) is 6.92 Å². The van der Waals surface area contributed by atoms with E-state index < -0.39 is 11.7 Å². The second kappa shape index (κ2) is 11.4. The number of hydrogen-bond acceptors (Lipinski definition) is 5. The molecule has 0 saturated heterocycles. The number of unbranched alkanes of at least 4 members (excludes halogenated alkanes) is 2. The summed E-state index contributed by atoms with van der Waals surface area (Å²) in [7, 11) is 0. The fourth-order valence-electron chi connectivity index (χ4n) is 2.98. The zero-order valence-electron chi connectivity index (χ0n) is 18.4. The normalized spacial score (nSPS) is 12.3. The van der Waals surface area contributed by atoms with Crippen LogP contribution >= 0.6 is 0 Å². The Hall–Kier alpha value is -2.83. The number of nitrogens with zero attached hydrogens (tertiary/aromatic N) is 1. The topological polar surface area (TPSA) is 93.3 Å². The molecule has 1 heterocycles. The minimum atomic E-state index is -0.480. The van der Waals surface area contributed by atoms with Crippen molar-refractivity contribution in [1.29, 1.82) is 0 Å². The number of H-pyrrole nitrogens is 1. The lowest BCUT2D eigenvalue weighted by molar-refractivity contribution is -0.154. The van der Waals surface area contributed by atoms with Crippen LogP contribution in [0.3, 0.4) is 0 Å². The zero-order valence-corrected chi connectivity index (χ0v) is 18.4. The standard InChI is InChI=1S/C23H33N3O4/c1-17-15-24-21(25-17)19(13-9-6-10-14-20(27)30-23(2,3)4)26-22(28)29-16-18-11-7-5-8-12-18/h5,7-8,11-12,15,19H,6,9-10,13-14,16H2,1-4H3,(H,24,25)(H,26,28). The summed E-state index contributed by atoms with van der Waals surface area (Å²) >= 11 is 0. The summed E-state index contributed by atoms with van der Waals surface area (Å²) in [6.07, 6.45) is 4.80. The summed E-state index contributed by atoms with van der Waals surface area (Å²) in [5.74, 6) is 0.527. The zero-order chi connectivity index (χ0) is 22.0. The van der Waals surface area contributed by atoms with Gasteiger partial charge in [-0.1, -0.05) is 43.2 Å². The van der Waals surface area contributed by atoms with E-state index in [4.69, 9.17) is 9.47 Å². The number of nitrogens with one attached hydrogen (secondary N) is 2. The minimum absolute atomic E-state index is 0.177. The highest BCUT2D eigenvalue weighted by Gasteiger charge is 2.19. The number of carbonyl (C=O) groups is 2. The Balaban J connectivity index is 1.79. The fourth-order valence-corrected chi connectivity index (χ4v) is 2.98. The number of hydrogen-bond donors (Lipinski definition) is 2. The van der Waals surface area contributed by atoms with Gasteiger partial charge in [0.05, 0.1) is 6.04 Å². The molecule has 0 fully saturated rings. The molecule has 1 aromatic heterocycles. The molecule has 0 bridgehead atoms. The highest BCUT2D eigenvalue weighted by atomic mass is 16.6. The molecule has 164 valence electrons. The second-order valence-electron chi connectivity index (χ2n) is 8.40. The van der Waals surface area contributed by atoms with Gasteiger partial charge >= 0.3 is 12.1 Å². The third kappa shape index (κ3) is 9.11. The molecular weight excluding hydrogens is 382 g/mol. The van der Waals surface area contributed by atoms with E-state index in [1.807, 2.05) is 58.0 Å². The number of rotatable bonds is 10. The number of esters is 1. The Morgan fingerprint density at radius 2 is 1.87 bits per heavy atom. The van der Waals surface area contributed by atoms with E-state index in [2.05, 4.69) is 15.3 Å². The van der Waals surface area contributed by atoms with Crippen LogP contribution < -0.4 is 5.32 Å². The Labute approximate surface area is 178 Å². The summed E-state index contributed by atoms with van der Waals surface area (Å²) in [6, 6.07) is 9.27. The first kappa shape index (κ1) is 23.4. The first-order chi connectivity index (χ1) is 14.2. The van der Waals surface area contributed by atoms with Crippen LogP contribution in [0.25, 0.3) is 0 Å². The van der Waals surface area contributed by atoms with Crippen LogP contribution in [0.5, 0.6) is 0 Å². The number of ether oxygens (including phenoxy) is 2. The number of benzene rings is 1. The molecular formula is C23H33N3O4. The molecule has 2 rings (SSSR count). The van der Waals surface area contributed by atoms with Gasteiger partial charge in [-0.15, -0.1) is 0 Å². The van der Waals surface area contributed by atoms with E-state index in [-0.39, 0.29) is 18.6 Å². The van der Waals surface area contributed by atoms with E-state index in [0.717, 1.165) is 30.5 Å². The summed E-state index contributed by atoms with van der Waals surface area (Å²) in [4.78, 5) is 31.6. The van der Waals surface area contributed by atoms with Gasteiger partial charge < -0.3 is 19.8 Å². The molecule has 7 heteroatoms. The van der Waals surface area contributed by atoms with Crippen molar-refractivity contribution in [3.8, 4) is 0 Å². The SMILES string of the molecule is Cc1cnc(C(CCCCCC(=O)OC(C)(C)C)NC(=O)OCc2ccccc2)[nH]1. The van der Waals surface area contributed by atoms with Crippen molar-refractivity contribution in [1.82, 2.24) is 15.3 Å². The van der Waals surface area contributed by atoms with Gasteiger partial charge in [0, 0.05) is 18.3 Å². The van der Waals surface area contributed by atoms with E-state index in [1.165, 1.54) is 0 Å². The number of carbonyl (C=O) groups excluding carboxylic acids is 2. The number of aromatic nitrogens is 2. The van der Waals surface area contributed by atoms with Crippen LogP contribution in [-0.4, -0.2) is 27.6 Å². The van der Waals surface area contributed by atoms with Crippen molar-refractivity contribution in [2.24, 2.45) is 0 Å². The van der Waals surface area contributed by atoms with E-state index in [1.54, 1.807) is 6.20 Å². The quantitative estimate of drug-likeness (QED) is 0.422. The van der Waals surface area contributed by atoms with Crippen LogP contribution in [0.4, 0.5) is 4.79 Å². The number of aryl methyl sites for hydroxylation is 1. The van der Waals surface area contributed by atoms with Gasteiger partial charge in [-0.2, -0.15) is 0 Å². The first-order valence-electron chi connectivity index (χ1n) is 10.4. The average Bonchev–Trinajstić information content (AvgIpc) is 3.11. The molecule has 0 aliphatic carbocycles. The molecule has 0 spiro atoms. The smallest absolute Gasteiger partial charge is 0.408 e. The molecule has 2 aromatic rings. The summed E-state index contributed by atoms with van der Waals surface area (Å²) in [6.45, 7) is 7.73. The molecule has 2 N–H and O–H groups in total. The third-order valence-corrected chi connectivity index (χ3v) is 4.35. The maximum Gasteiger partial charge on any atom is 0.408 e. The van der Waals surface area contributed by atoms with Crippen molar-refractivity contribution in [3.63, 3.8) is 0 Å². The van der Waals surface area contributed by atoms with Gasteiger partial charge in [0.1, 0.15) is 18.0 Å². The molecule has 0 aliphatic rings. The lowest BCUT2D eigenvalue weighted by atomic mass is 10.1. The molecule has 30 heavy (non-hydrogen) atoms. The van der Waals surface area contributed by atoms with Gasteiger partial charge in [0.15, 0.2) is 0 Å². The second-order valence-corrected chi connectivity index (χ2v) is 8.40. The molecule has 1 amide bonds. The molecule has 0 radical (unpaired) electrons. The van der Waals surface area contributed by atoms with Crippen molar-refractivity contribution < 1.29 is 19.1 Å². The van der Waals surface area contributed by atoms with Crippen molar-refractivity contribution in [3.05, 3.63) is 53.6 Å². The number of amides is 1. The van der Waals surface area contributed by atoms with Gasteiger partial charge in [-0.05, 0) is 46.1 Å². The van der Waals surface area contributed by atoms with Gasteiger partial charge in [-0.25, -0.2) is 9.78 Å². The van der Waals surface area contributed by atoms with Gasteiger partial charge in [0.25, 0.3) is 0 Å². The summed E-state index contributed by atoms with van der Waals surface area (Å²) < 4.78 is 10.7. The molecule has 7 nitrogen and oxygen atoms in total. The predicted octanol–water partition coefficient (Wildman–Crippen LogP) is 4.98. The molecule has 1 aromatic carbocycles. The Morgan fingerprint density at radius 3 is 2.50 bits per heavy atom. The van der Waals surface area contributed by atoms with Crippen LogP contribution in [0.1, 0.15) is 76.0 Å². The first-order valence-corrected chi connectivity index (χ1v) is 10.4. The van der Waals surface area contributed by atoms with Crippen LogP contribution in [-0.2, 0) is 20.9 Å². The van der Waals surface area contributed by atoms with Gasteiger partial charge in [-0.3, -0.25) is 4.79 Å². The Kier molecular flexibility index (Phi) is 8.89. The Bertz CT molecular complexity index is 796. The van der Waals surface area contributed by atoms with E-state index >= 15 is 0 Å². The van der Waals surface area contributed by atoms with Crippen molar-refractivity contribution >= 4 is 12.1 Å². The maximum absolute atomic E-state index is 12.3. The van der Waals surface area contributed by atoms with Crippen molar-refractivity contribution in [2.45, 2.75) is 78.0 Å². The summed E-state index contributed by atoms with van der Waals surface area (Å²) in [5.41, 5.74) is 1.41. The predicted molar refractivity (Wildman–Crippen MR) is 115 cm³/mol. The molecule has 0 saturated carbocycles. The highest BCUT2D eigenvalue weighted by molar-refractivity contribution is 5.69. The van der Waals surface area contributed by atoms with Crippen molar-refractivity contribution in [2.75, 3.05) is 0 Å². The third-order valence-electron chi connectivity index (χ3n) is 4.35. The largest absolute Gasteiger partial charge is 0.460 e. The molecule has 1 atom stereocenters. The number of alkyl carbamates (subject to hydrolysis) is 1. The van der Waals surface area contributed by atoms with Crippen LogP contribution in [0.15, 0.2) is 36.5 Å². The van der Waals surface area contributed by atoms with Crippen LogP contribution in [0.2, 0.25) is 0 Å². The lowest BCUT2D eigenvalue weighted by Crippen LogP contribution is -2.30. The highest BCUT2D eigenvalue weighted by Crippen LogP contribution is 2.19. The molecule has 1 unspecified atom stereocenters. The average molecular weight is 416 g/mol. The number of imidazole rings is 1. The molecule has 0 aliphatic heterocycles. The minimum Gasteiger partial charge on any atom is -0.460 e. The maximum atomic E-state index is 12.3. The Morgan fingerprint density at radius 1 is 1.13 bits per heavy atom. The summed E-state index contributed by atoms with van der Waals surface area (Å²) in [5, 5.41) is 2.90. The lowest BCUT2D eigenvalue weighted by Gasteiger charge is -2.19. The monoisotopic (exact) mass is 415 g/mol. The van der Waals surface area contributed by atoms with Gasteiger partial charge in [0.2, 0.25) is 0 Å².